The van der Waals surface area contributed by atoms with Crippen molar-refractivity contribution in [2.24, 2.45) is 4.99 Å². The molecule has 0 bridgehead atoms. The van der Waals surface area contributed by atoms with E-state index in [9.17, 15) is 9.59 Å². The van der Waals surface area contributed by atoms with Crippen molar-refractivity contribution in [1.82, 2.24) is 9.47 Å². The molecular weight excluding hydrogens is 570 g/mol. The normalized spacial score (nSPS) is 14.8. The maximum atomic E-state index is 14.0. The highest BCUT2D eigenvalue weighted by Gasteiger charge is 2.35. The van der Waals surface area contributed by atoms with Crippen molar-refractivity contribution in [2.45, 2.75) is 33.4 Å². The number of hydrogen-bond donors (Lipinski definition) is 0. The highest BCUT2D eigenvalue weighted by atomic mass is 35.5. The van der Waals surface area contributed by atoms with Crippen molar-refractivity contribution in [3.8, 4) is 11.5 Å². The summed E-state index contributed by atoms with van der Waals surface area (Å²) in [4.78, 5) is 34.8. The zero-order valence-corrected chi connectivity index (χ0v) is 25.5. The lowest BCUT2D eigenvalue weighted by Crippen LogP contribution is -2.43. The number of para-hydroxylation sites is 1. The lowest BCUT2D eigenvalue weighted by Gasteiger charge is -2.29. The fraction of sp³-hybridized carbons (Fsp3) is 0.242. The average molecular weight is 602 g/mol. The Hall–Kier alpha value is -4.14. The monoisotopic (exact) mass is 601 g/mol. The Morgan fingerprint density at radius 1 is 1.07 bits per heavy atom. The third kappa shape index (κ3) is 5.91. The number of hydrogen-bond acceptors (Lipinski definition) is 6. The number of benzene rings is 3. The van der Waals surface area contributed by atoms with E-state index in [1.807, 2.05) is 99.6 Å². The number of carbonyl (C=O) groups excluding carboxylic acids is 1. The topological polar surface area (TPSA) is 73.1 Å². The number of halogens is 1. The fourth-order valence-corrected chi connectivity index (χ4v) is 6.33. The second-order valence-electron chi connectivity index (χ2n) is 9.79. The molecule has 5 rings (SSSR count). The Bertz CT molecular complexity index is 1820. The SMILES string of the molecule is CCN(CC)C(=O)C1=C(C)N=c2s/c(=C/c3ccc(OCc4cccc(Cl)c4)cc3)c(=O)n2[C@H]1c1ccccc1OC. The zero-order chi connectivity index (χ0) is 29.8. The molecule has 0 N–H and O–H groups in total. The van der Waals surface area contributed by atoms with Gasteiger partial charge in [0.25, 0.3) is 11.5 Å². The molecule has 9 heteroatoms. The average Bonchev–Trinajstić information content (AvgIpc) is 3.30. The highest BCUT2D eigenvalue weighted by Crippen LogP contribution is 2.36. The molecule has 2 heterocycles. The van der Waals surface area contributed by atoms with Crippen LogP contribution < -0.4 is 24.4 Å². The molecule has 7 nitrogen and oxygen atoms in total. The first-order valence-electron chi connectivity index (χ1n) is 13.8. The van der Waals surface area contributed by atoms with Crippen molar-refractivity contribution in [2.75, 3.05) is 20.2 Å². The number of aromatic nitrogens is 1. The third-order valence-corrected chi connectivity index (χ3v) is 8.43. The first-order valence-corrected chi connectivity index (χ1v) is 15.0. The van der Waals surface area contributed by atoms with Gasteiger partial charge in [0, 0.05) is 23.7 Å². The minimum Gasteiger partial charge on any atom is -0.496 e. The molecule has 1 aliphatic rings. The van der Waals surface area contributed by atoms with E-state index in [-0.39, 0.29) is 11.5 Å². The van der Waals surface area contributed by atoms with Crippen LogP contribution in [0.25, 0.3) is 6.08 Å². The van der Waals surface area contributed by atoms with Crippen LogP contribution in [-0.4, -0.2) is 35.6 Å². The van der Waals surface area contributed by atoms with E-state index < -0.39 is 6.04 Å². The van der Waals surface area contributed by atoms with Crippen LogP contribution in [-0.2, 0) is 11.4 Å². The van der Waals surface area contributed by atoms with Crippen LogP contribution in [0, 0.1) is 0 Å². The summed E-state index contributed by atoms with van der Waals surface area (Å²) in [6.45, 7) is 7.21. The molecule has 4 aromatic rings. The zero-order valence-electron chi connectivity index (χ0n) is 24.0. The van der Waals surface area contributed by atoms with Crippen LogP contribution in [0.5, 0.6) is 11.5 Å². The molecule has 42 heavy (non-hydrogen) atoms. The minimum atomic E-state index is -0.671. The molecule has 0 fully saturated rings. The second kappa shape index (κ2) is 12.8. The summed E-state index contributed by atoms with van der Waals surface area (Å²) < 4.78 is 13.7. The summed E-state index contributed by atoms with van der Waals surface area (Å²) >= 11 is 7.38. The summed E-state index contributed by atoms with van der Waals surface area (Å²) in [5.41, 5.74) is 3.41. The molecule has 1 aliphatic heterocycles. The van der Waals surface area contributed by atoms with Crippen LogP contribution >= 0.6 is 22.9 Å². The number of allylic oxidation sites excluding steroid dienone is 1. The van der Waals surface area contributed by atoms with Crippen molar-refractivity contribution >= 4 is 34.9 Å². The molecule has 216 valence electrons. The van der Waals surface area contributed by atoms with Crippen molar-refractivity contribution < 1.29 is 14.3 Å². The van der Waals surface area contributed by atoms with Gasteiger partial charge in [-0.2, -0.15) is 0 Å². The largest absolute Gasteiger partial charge is 0.496 e. The number of fused-ring (bicyclic) bond motifs is 1. The predicted octanol–water partition coefficient (Wildman–Crippen LogP) is 5.34. The van der Waals surface area contributed by atoms with Gasteiger partial charge < -0.3 is 14.4 Å². The van der Waals surface area contributed by atoms with Crippen molar-refractivity contribution in [3.63, 3.8) is 0 Å². The van der Waals surface area contributed by atoms with Crippen LogP contribution in [0.2, 0.25) is 5.02 Å². The molecule has 0 radical (unpaired) electrons. The van der Waals surface area contributed by atoms with Gasteiger partial charge in [-0.3, -0.25) is 14.2 Å². The molecule has 3 aromatic carbocycles. The van der Waals surface area contributed by atoms with Gasteiger partial charge in [-0.15, -0.1) is 0 Å². The highest BCUT2D eigenvalue weighted by molar-refractivity contribution is 7.07. The summed E-state index contributed by atoms with van der Waals surface area (Å²) in [5.74, 6) is 1.17. The van der Waals surface area contributed by atoms with E-state index in [1.165, 1.54) is 11.3 Å². The summed E-state index contributed by atoms with van der Waals surface area (Å²) in [5, 5.41) is 0.667. The Kier molecular flexibility index (Phi) is 8.94. The molecule has 1 atom stereocenters. The molecule has 0 saturated heterocycles. The van der Waals surface area contributed by atoms with Crippen LogP contribution in [0.3, 0.4) is 0 Å². The molecule has 1 amide bonds. The molecule has 0 unspecified atom stereocenters. The Balaban J connectivity index is 1.54. The van der Waals surface area contributed by atoms with Gasteiger partial charge in [0.1, 0.15) is 24.1 Å². The van der Waals surface area contributed by atoms with Gasteiger partial charge in [0.05, 0.1) is 22.9 Å². The number of amides is 1. The number of thiazole rings is 1. The van der Waals surface area contributed by atoms with E-state index in [4.69, 9.17) is 26.1 Å². The van der Waals surface area contributed by atoms with Crippen LogP contribution in [0.4, 0.5) is 0 Å². The quantitative estimate of drug-likeness (QED) is 0.259. The van der Waals surface area contributed by atoms with Gasteiger partial charge in [-0.1, -0.05) is 65.4 Å². The second-order valence-corrected chi connectivity index (χ2v) is 11.2. The van der Waals surface area contributed by atoms with E-state index in [2.05, 4.69) is 0 Å². The smallest absolute Gasteiger partial charge is 0.271 e. The maximum Gasteiger partial charge on any atom is 0.271 e. The number of nitrogens with zero attached hydrogens (tertiary/aromatic N) is 3. The lowest BCUT2D eigenvalue weighted by atomic mass is 9.94. The van der Waals surface area contributed by atoms with E-state index in [1.54, 1.807) is 16.6 Å². The summed E-state index contributed by atoms with van der Waals surface area (Å²) in [6.07, 6.45) is 1.84. The Morgan fingerprint density at radius 2 is 1.81 bits per heavy atom. The van der Waals surface area contributed by atoms with E-state index in [0.29, 0.717) is 56.8 Å². The van der Waals surface area contributed by atoms with Crippen LogP contribution in [0.15, 0.2) is 93.9 Å². The van der Waals surface area contributed by atoms with Crippen molar-refractivity contribution in [3.05, 3.63) is 125 Å². The minimum absolute atomic E-state index is 0.139. The van der Waals surface area contributed by atoms with Crippen LogP contribution in [0.1, 0.15) is 43.5 Å². The molecule has 1 aromatic heterocycles. The van der Waals surface area contributed by atoms with E-state index in [0.717, 1.165) is 16.7 Å². The number of ether oxygens (including phenoxy) is 2. The molecule has 0 spiro atoms. The van der Waals surface area contributed by atoms with Gasteiger partial charge >= 0.3 is 0 Å². The fourth-order valence-electron chi connectivity index (χ4n) is 5.07. The summed E-state index contributed by atoms with van der Waals surface area (Å²) in [6, 6.07) is 21.9. The van der Waals surface area contributed by atoms with E-state index >= 15 is 0 Å². The van der Waals surface area contributed by atoms with Gasteiger partial charge in [0.15, 0.2) is 4.80 Å². The molecular formula is C33H32ClN3O4S. The Morgan fingerprint density at radius 3 is 2.50 bits per heavy atom. The summed E-state index contributed by atoms with van der Waals surface area (Å²) in [7, 11) is 1.59. The lowest BCUT2D eigenvalue weighted by molar-refractivity contribution is -0.127. The van der Waals surface area contributed by atoms with Gasteiger partial charge in [-0.25, -0.2) is 4.99 Å². The number of methoxy groups -OCH3 is 1. The van der Waals surface area contributed by atoms with Crippen molar-refractivity contribution in [1.29, 1.82) is 0 Å². The maximum absolute atomic E-state index is 14.0. The third-order valence-electron chi connectivity index (χ3n) is 7.21. The standard InChI is InChI=1S/C33H32ClN3O4S/c1-5-36(6-2)32(39)29-21(3)35-33-37(30(29)26-12-7-8-13-27(26)40-4)31(38)28(42-33)19-22-14-16-25(17-15-22)41-20-23-10-9-11-24(34)18-23/h7-19,30H,5-6,20H2,1-4H3/b28-19+/t30-/m0/s1. The predicted molar refractivity (Wildman–Crippen MR) is 167 cm³/mol. The number of likely N-dealkylation sites (N-methyl/N-ethyl adjacent to an activating group) is 1. The van der Waals surface area contributed by atoms with Gasteiger partial charge in [-0.05, 0) is 68.3 Å². The first kappa shape index (κ1) is 29.4. The number of rotatable bonds is 9. The number of carbonyl (C=O) groups is 1. The molecule has 0 saturated carbocycles. The first-order chi connectivity index (χ1) is 20.3. The Labute approximate surface area is 253 Å². The van der Waals surface area contributed by atoms with Gasteiger partial charge in [0.2, 0.25) is 0 Å². The molecule has 0 aliphatic carbocycles.